The first-order chi connectivity index (χ1) is 4.97. The Morgan fingerprint density at radius 3 is 2.15 bits per heavy atom. The Morgan fingerprint density at radius 2 is 1.46 bits per heavy atom. The molecule has 13 heavy (non-hydrogen) atoms. The molecule has 0 spiro atoms. The summed E-state index contributed by atoms with van der Waals surface area (Å²) in [5.41, 5.74) is 1.06. The van der Waals surface area contributed by atoms with Crippen LogP contribution in [-0.4, -0.2) is 4.98 Å². The van der Waals surface area contributed by atoms with Crippen LogP contribution in [0.1, 0.15) is 0 Å². The van der Waals surface area contributed by atoms with Gasteiger partial charge in [-0.3, -0.25) is 4.98 Å². The third kappa shape index (κ3) is 3.60. The SMILES string of the molecule is [Cl-].[Cl-].[Zn+2].c1ccc2ncccc2c1. The number of nitrogens with zero attached hydrogens (tertiary/aromatic N) is 1. The molecule has 1 heterocycles. The second kappa shape index (κ2) is 7.26. The standard InChI is InChI=1S/C9H7N.2ClH.Zn/c1-2-6-9-8(4-1)5-3-7-10-9;;;/h1-7H;2*1H;/q;;;+2/p-2. The molecule has 0 bridgehead atoms. The van der Waals surface area contributed by atoms with Gasteiger partial charge in [-0.25, -0.2) is 0 Å². The van der Waals surface area contributed by atoms with Crippen LogP contribution in [0.4, 0.5) is 0 Å². The van der Waals surface area contributed by atoms with E-state index in [1.54, 1.807) is 0 Å². The largest absolute Gasteiger partial charge is 2.00 e. The van der Waals surface area contributed by atoms with Crippen molar-refractivity contribution in [3.8, 4) is 0 Å². The van der Waals surface area contributed by atoms with Gasteiger partial charge in [0.1, 0.15) is 0 Å². The van der Waals surface area contributed by atoms with Gasteiger partial charge in [0, 0.05) is 11.6 Å². The van der Waals surface area contributed by atoms with Crippen LogP contribution >= 0.6 is 0 Å². The van der Waals surface area contributed by atoms with Gasteiger partial charge in [0.05, 0.1) is 5.52 Å². The van der Waals surface area contributed by atoms with Gasteiger partial charge in [0.2, 0.25) is 0 Å². The summed E-state index contributed by atoms with van der Waals surface area (Å²) in [5, 5.41) is 1.20. The van der Waals surface area contributed by atoms with Crippen molar-refractivity contribution in [2.45, 2.75) is 0 Å². The van der Waals surface area contributed by atoms with E-state index in [9.17, 15) is 0 Å². The summed E-state index contributed by atoms with van der Waals surface area (Å²) in [5.74, 6) is 0. The van der Waals surface area contributed by atoms with Crippen LogP contribution in [0.2, 0.25) is 0 Å². The average Bonchev–Trinajstić information content (AvgIpc) is 2.05. The molecule has 1 aromatic carbocycles. The van der Waals surface area contributed by atoms with Crippen LogP contribution in [0, 0.1) is 0 Å². The van der Waals surface area contributed by atoms with Gasteiger partial charge in [-0.2, -0.15) is 0 Å². The second-order valence-corrected chi connectivity index (χ2v) is 2.20. The third-order valence-electron chi connectivity index (χ3n) is 1.51. The summed E-state index contributed by atoms with van der Waals surface area (Å²) in [4.78, 5) is 4.18. The van der Waals surface area contributed by atoms with Crippen molar-refractivity contribution in [3.63, 3.8) is 0 Å². The summed E-state index contributed by atoms with van der Waals surface area (Å²) in [6, 6.07) is 12.1. The van der Waals surface area contributed by atoms with Crippen molar-refractivity contribution >= 4 is 10.9 Å². The zero-order valence-electron chi connectivity index (χ0n) is 6.95. The maximum atomic E-state index is 4.18. The van der Waals surface area contributed by atoms with E-state index in [4.69, 9.17) is 0 Å². The summed E-state index contributed by atoms with van der Waals surface area (Å²) in [6.07, 6.45) is 1.81. The van der Waals surface area contributed by atoms with Gasteiger partial charge in [-0.05, 0) is 12.1 Å². The topological polar surface area (TPSA) is 12.9 Å². The van der Waals surface area contributed by atoms with Crippen molar-refractivity contribution in [1.82, 2.24) is 4.98 Å². The van der Waals surface area contributed by atoms with Gasteiger partial charge in [-0.15, -0.1) is 0 Å². The van der Waals surface area contributed by atoms with Crippen LogP contribution in [-0.2, 0) is 19.5 Å². The molecule has 0 saturated heterocycles. The van der Waals surface area contributed by atoms with Gasteiger partial charge in [0.15, 0.2) is 0 Å². The number of aromatic nitrogens is 1. The Morgan fingerprint density at radius 1 is 0.846 bits per heavy atom. The summed E-state index contributed by atoms with van der Waals surface area (Å²) in [7, 11) is 0. The molecule has 2 aromatic rings. The molecule has 0 unspecified atom stereocenters. The molecule has 2 rings (SSSR count). The monoisotopic (exact) mass is 263 g/mol. The minimum Gasteiger partial charge on any atom is -1.00 e. The van der Waals surface area contributed by atoms with Crippen molar-refractivity contribution in [1.29, 1.82) is 0 Å². The number of rotatable bonds is 0. The van der Waals surface area contributed by atoms with E-state index in [2.05, 4.69) is 17.1 Å². The van der Waals surface area contributed by atoms with Crippen LogP contribution in [0.15, 0.2) is 42.6 Å². The maximum absolute atomic E-state index is 4.18. The van der Waals surface area contributed by atoms with E-state index in [0.717, 1.165) is 5.52 Å². The number of halogens is 2. The average molecular weight is 265 g/mol. The Labute approximate surface area is 103 Å². The van der Waals surface area contributed by atoms with E-state index in [0.29, 0.717) is 0 Å². The van der Waals surface area contributed by atoms with Gasteiger partial charge in [-0.1, -0.05) is 24.3 Å². The molecule has 64 valence electrons. The number of fused-ring (bicyclic) bond motifs is 1. The summed E-state index contributed by atoms with van der Waals surface area (Å²) in [6.45, 7) is 0. The Balaban J connectivity index is 0. The van der Waals surface area contributed by atoms with Crippen molar-refractivity contribution in [3.05, 3.63) is 42.6 Å². The van der Waals surface area contributed by atoms with Crippen molar-refractivity contribution < 1.29 is 44.3 Å². The number of hydrogen-bond acceptors (Lipinski definition) is 1. The zero-order valence-corrected chi connectivity index (χ0v) is 11.4. The van der Waals surface area contributed by atoms with Crippen LogP contribution in [0.3, 0.4) is 0 Å². The molecule has 4 heteroatoms. The quantitative estimate of drug-likeness (QED) is 0.446. The Bertz CT molecular complexity index is 289. The fourth-order valence-electron chi connectivity index (χ4n) is 1.02. The molecule has 1 aromatic heterocycles. The first-order valence-corrected chi connectivity index (χ1v) is 3.26. The Hall–Kier alpha value is -0.167. The van der Waals surface area contributed by atoms with E-state index in [1.807, 2.05) is 30.5 Å². The first-order valence-electron chi connectivity index (χ1n) is 3.26. The summed E-state index contributed by atoms with van der Waals surface area (Å²) >= 11 is 0. The van der Waals surface area contributed by atoms with Gasteiger partial charge in [0.25, 0.3) is 0 Å². The van der Waals surface area contributed by atoms with Crippen LogP contribution in [0.25, 0.3) is 10.9 Å². The van der Waals surface area contributed by atoms with E-state index < -0.39 is 0 Å². The minimum absolute atomic E-state index is 0. The van der Waals surface area contributed by atoms with Crippen LogP contribution in [0.5, 0.6) is 0 Å². The predicted molar refractivity (Wildman–Crippen MR) is 41.7 cm³/mol. The smallest absolute Gasteiger partial charge is 1.00 e. The van der Waals surface area contributed by atoms with E-state index >= 15 is 0 Å². The predicted octanol–water partition coefficient (Wildman–Crippen LogP) is -3.76. The molecule has 0 aliphatic rings. The molecule has 0 amide bonds. The van der Waals surface area contributed by atoms with E-state index in [1.165, 1.54) is 5.39 Å². The molecule has 0 fully saturated rings. The number of para-hydroxylation sites is 1. The van der Waals surface area contributed by atoms with Gasteiger partial charge >= 0.3 is 19.5 Å². The van der Waals surface area contributed by atoms with Crippen molar-refractivity contribution in [2.24, 2.45) is 0 Å². The maximum Gasteiger partial charge on any atom is 2.00 e. The van der Waals surface area contributed by atoms with Gasteiger partial charge < -0.3 is 24.8 Å². The number of benzene rings is 1. The normalized spacial score (nSPS) is 7.69. The van der Waals surface area contributed by atoms with Crippen LogP contribution < -0.4 is 24.8 Å². The summed E-state index contributed by atoms with van der Waals surface area (Å²) < 4.78 is 0. The molecule has 0 N–H and O–H groups in total. The molecule has 0 atom stereocenters. The van der Waals surface area contributed by atoms with E-state index in [-0.39, 0.29) is 44.3 Å². The number of pyridine rings is 1. The molecule has 1 nitrogen and oxygen atoms in total. The fourth-order valence-corrected chi connectivity index (χ4v) is 1.02. The molecule has 0 saturated carbocycles. The molecular formula is C9H7Cl2NZn. The number of hydrogen-bond donors (Lipinski definition) is 0. The third-order valence-corrected chi connectivity index (χ3v) is 1.51. The Kier molecular flexibility index (Phi) is 8.55. The zero-order chi connectivity index (χ0) is 6.81. The molecule has 0 aliphatic heterocycles. The fraction of sp³-hybridized carbons (Fsp3) is 0. The molecular weight excluding hydrogens is 258 g/mol. The molecule has 0 aliphatic carbocycles. The molecule has 0 radical (unpaired) electrons. The minimum atomic E-state index is 0. The van der Waals surface area contributed by atoms with Crippen molar-refractivity contribution in [2.75, 3.05) is 0 Å². The first kappa shape index (κ1) is 15.3. The second-order valence-electron chi connectivity index (χ2n) is 2.20.